The van der Waals surface area contributed by atoms with Crippen molar-refractivity contribution in [1.29, 1.82) is 0 Å². The maximum absolute atomic E-state index is 14.4. The molecule has 43 heavy (non-hydrogen) atoms. The molecule has 1 unspecified atom stereocenters. The van der Waals surface area contributed by atoms with Crippen molar-refractivity contribution in [3.63, 3.8) is 0 Å². The number of aromatic nitrogens is 4. The molecule has 5 aromatic rings. The predicted octanol–water partition coefficient (Wildman–Crippen LogP) is 3.17. The minimum absolute atomic E-state index is 0.0635. The van der Waals surface area contributed by atoms with Gasteiger partial charge in [-0.2, -0.15) is 0 Å². The fraction of sp³-hybridized carbons (Fsp3) is 0.281. The molecule has 1 spiro atoms. The highest BCUT2D eigenvalue weighted by Crippen LogP contribution is 2.45. The number of piperidine rings is 1. The van der Waals surface area contributed by atoms with E-state index in [2.05, 4.69) is 27.3 Å². The lowest BCUT2D eigenvalue weighted by Gasteiger charge is -2.52. The number of likely N-dealkylation sites (tertiary alicyclic amines) is 1. The number of hydrogen-bond acceptors (Lipinski definition) is 7. The van der Waals surface area contributed by atoms with Crippen LogP contribution in [0.4, 0.5) is 11.5 Å². The summed E-state index contributed by atoms with van der Waals surface area (Å²) in [6.07, 6.45) is 4.89. The second-order valence-electron chi connectivity index (χ2n) is 11.6. The van der Waals surface area contributed by atoms with E-state index in [1.54, 1.807) is 27.9 Å². The molecule has 7 rings (SSSR count). The van der Waals surface area contributed by atoms with Gasteiger partial charge >= 0.3 is 0 Å². The number of β-lactam (4-membered cyclic amide) rings is 1. The average molecular weight is 577 g/mol. The Morgan fingerprint density at radius 3 is 2.56 bits per heavy atom. The number of nitrogen functional groups attached to an aromatic ring is 1. The Labute approximate surface area is 247 Å². The minimum Gasteiger partial charge on any atom is -0.381 e. The molecule has 2 aromatic carbocycles. The Balaban J connectivity index is 1.30. The number of carbonyl (C=O) groups is 2. The van der Waals surface area contributed by atoms with Crippen LogP contribution in [0, 0.1) is 5.41 Å². The van der Waals surface area contributed by atoms with Gasteiger partial charge in [-0.05, 0) is 75.6 Å². The minimum atomic E-state index is -0.598. The second-order valence-corrected chi connectivity index (χ2v) is 11.6. The summed E-state index contributed by atoms with van der Waals surface area (Å²) in [7, 11) is 2.08. The van der Waals surface area contributed by atoms with Gasteiger partial charge < -0.3 is 20.9 Å². The fourth-order valence-electron chi connectivity index (χ4n) is 6.47. The van der Waals surface area contributed by atoms with Gasteiger partial charge in [0.15, 0.2) is 11.5 Å². The molecule has 0 bridgehead atoms. The van der Waals surface area contributed by atoms with Crippen molar-refractivity contribution in [2.45, 2.75) is 25.8 Å². The second kappa shape index (κ2) is 10.1. The molecule has 2 fully saturated rings. The van der Waals surface area contributed by atoms with E-state index in [4.69, 9.17) is 5.73 Å². The first-order chi connectivity index (χ1) is 20.8. The molecule has 3 N–H and O–H groups in total. The summed E-state index contributed by atoms with van der Waals surface area (Å²) < 4.78 is 3.07. The highest BCUT2D eigenvalue weighted by atomic mass is 16.2. The number of anilines is 2. The van der Waals surface area contributed by atoms with Crippen molar-refractivity contribution in [3.05, 3.63) is 94.7 Å². The van der Waals surface area contributed by atoms with Crippen LogP contribution in [0.5, 0.6) is 0 Å². The zero-order chi connectivity index (χ0) is 29.9. The Hall–Kier alpha value is -5.03. The number of amides is 2. The molecule has 5 heterocycles. The number of para-hydroxylation sites is 1. The summed E-state index contributed by atoms with van der Waals surface area (Å²) in [4.78, 5) is 49.8. The highest BCUT2D eigenvalue weighted by Gasteiger charge is 2.53. The number of fused-ring (bicyclic) bond motifs is 2. The molecule has 11 nitrogen and oxygen atoms in total. The normalized spacial score (nSPS) is 17.3. The lowest BCUT2D eigenvalue weighted by atomic mass is 9.70. The molecule has 0 saturated carbocycles. The predicted molar refractivity (Wildman–Crippen MR) is 164 cm³/mol. The van der Waals surface area contributed by atoms with Gasteiger partial charge in [0.25, 0.3) is 11.5 Å². The molecular formula is C32H32N8O3. The monoisotopic (exact) mass is 576 g/mol. The van der Waals surface area contributed by atoms with Crippen LogP contribution >= 0.6 is 0 Å². The van der Waals surface area contributed by atoms with Gasteiger partial charge in [0.2, 0.25) is 5.91 Å². The molecule has 1 atom stereocenters. The summed E-state index contributed by atoms with van der Waals surface area (Å²) in [5.74, 6) is -0.300. The van der Waals surface area contributed by atoms with Crippen LogP contribution in [0.2, 0.25) is 0 Å². The average Bonchev–Trinajstić information content (AvgIpc) is 3.36. The lowest BCUT2D eigenvalue weighted by molar-refractivity contribution is -0.138. The number of nitrogens with zero attached hydrogens (tertiary/aromatic N) is 6. The molecule has 0 radical (unpaired) electrons. The Morgan fingerprint density at radius 2 is 1.81 bits per heavy atom. The van der Waals surface area contributed by atoms with Crippen LogP contribution in [-0.2, 0) is 4.79 Å². The lowest BCUT2D eigenvalue weighted by Crippen LogP contribution is -2.64. The molecule has 11 heteroatoms. The van der Waals surface area contributed by atoms with Gasteiger partial charge in [-0.3, -0.25) is 19.0 Å². The highest BCUT2D eigenvalue weighted by molar-refractivity contribution is 6.10. The van der Waals surface area contributed by atoms with Gasteiger partial charge in [-0.15, -0.1) is 5.10 Å². The van der Waals surface area contributed by atoms with Crippen LogP contribution < -0.4 is 21.5 Å². The number of rotatable bonds is 5. The van der Waals surface area contributed by atoms with Crippen molar-refractivity contribution in [2.24, 2.45) is 5.41 Å². The SMILES string of the molecule is CC(NC(=O)c1c(N)nn2cccnc12)c1cc2cccc(N3CC4(CCN(C)CC4)C3=O)c2c(=O)n1-c1ccccc1. The van der Waals surface area contributed by atoms with E-state index in [9.17, 15) is 14.4 Å². The van der Waals surface area contributed by atoms with Crippen LogP contribution in [0.25, 0.3) is 22.1 Å². The number of carbonyl (C=O) groups excluding carboxylic acids is 2. The van der Waals surface area contributed by atoms with E-state index < -0.39 is 11.9 Å². The van der Waals surface area contributed by atoms with Gasteiger partial charge in [-0.25, -0.2) is 9.50 Å². The van der Waals surface area contributed by atoms with Crippen LogP contribution in [0.1, 0.15) is 41.9 Å². The van der Waals surface area contributed by atoms with E-state index in [-0.39, 0.29) is 28.3 Å². The molecular weight excluding hydrogens is 544 g/mol. The topological polar surface area (TPSA) is 131 Å². The summed E-state index contributed by atoms with van der Waals surface area (Å²) in [5, 5.41) is 8.37. The standard InChI is InChI=1S/C32H32N8O3/c1-20(35-29(41)26-27(33)36-39-15-7-14-34-28(26)39)24-18-21-8-6-11-23(25(21)30(42)40(24)22-9-4-3-5-10-22)38-19-32(31(38)43)12-16-37(2)17-13-32/h3-11,14-15,18,20H,12-13,16-17,19H2,1-2H3,(H2,33,36)(H,35,41). The summed E-state index contributed by atoms with van der Waals surface area (Å²) in [6.45, 7) is 4.20. The quantitative estimate of drug-likeness (QED) is 0.307. The van der Waals surface area contributed by atoms with Crippen molar-refractivity contribution in [3.8, 4) is 5.69 Å². The largest absolute Gasteiger partial charge is 0.381 e. The maximum atomic E-state index is 14.4. The number of benzene rings is 2. The first kappa shape index (κ1) is 26.8. The van der Waals surface area contributed by atoms with E-state index in [1.165, 1.54) is 4.52 Å². The Kier molecular flexibility index (Phi) is 6.28. The summed E-state index contributed by atoms with van der Waals surface area (Å²) >= 11 is 0. The molecule has 218 valence electrons. The zero-order valence-corrected chi connectivity index (χ0v) is 24.0. The van der Waals surface area contributed by atoms with Gasteiger partial charge in [-0.1, -0.05) is 30.3 Å². The maximum Gasteiger partial charge on any atom is 0.265 e. The smallest absolute Gasteiger partial charge is 0.265 e. The molecule has 2 aliphatic heterocycles. The molecule has 2 saturated heterocycles. The molecule has 2 aliphatic rings. The first-order valence-corrected chi connectivity index (χ1v) is 14.4. The van der Waals surface area contributed by atoms with Crippen molar-refractivity contribution < 1.29 is 9.59 Å². The van der Waals surface area contributed by atoms with Crippen LogP contribution in [0.15, 0.2) is 77.9 Å². The zero-order valence-electron chi connectivity index (χ0n) is 24.0. The Morgan fingerprint density at radius 1 is 1.05 bits per heavy atom. The third-order valence-electron chi connectivity index (χ3n) is 8.90. The molecule has 2 amide bonds. The summed E-state index contributed by atoms with van der Waals surface area (Å²) in [6, 6.07) is 17.9. The molecule has 0 aliphatic carbocycles. The van der Waals surface area contributed by atoms with Crippen LogP contribution in [0.3, 0.4) is 0 Å². The third kappa shape index (κ3) is 4.26. The first-order valence-electron chi connectivity index (χ1n) is 14.4. The Bertz CT molecular complexity index is 1960. The molecule has 3 aromatic heterocycles. The number of pyridine rings is 1. The van der Waals surface area contributed by atoms with Gasteiger partial charge in [0, 0.05) is 30.3 Å². The van der Waals surface area contributed by atoms with Crippen LogP contribution in [-0.4, -0.2) is 62.6 Å². The van der Waals surface area contributed by atoms with E-state index in [0.717, 1.165) is 25.9 Å². The van der Waals surface area contributed by atoms with Gasteiger partial charge in [0.1, 0.15) is 5.56 Å². The fourth-order valence-corrected chi connectivity index (χ4v) is 6.47. The van der Waals surface area contributed by atoms with Crippen molar-refractivity contribution >= 4 is 39.7 Å². The van der Waals surface area contributed by atoms with E-state index in [1.807, 2.05) is 61.5 Å². The summed E-state index contributed by atoms with van der Waals surface area (Å²) in [5.41, 5.74) is 7.86. The van der Waals surface area contributed by atoms with Crippen molar-refractivity contribution in [2.75, 3.05) is 37.3 Å². The number of nitrogens with two attached hydrogens (primary N) is 1. The number of nitrogens with one attached hydrogen (secondary N) is 1. The van der Waals surface area contributed by atoms with E-state index in [0.29, 0.717) is 40.0 Å². The third-order valence-corrected chi connectivity index (χ3v) is 8.90. The van der Waals surface area contributed by atoms with Crippen molar-refractivity contribution in [1.82, 2.24) is 29.4 Å². The van der Waals surface area contributed by atoms with Gasteiger partial charge in [0.05, 0.1) is 22.5 Å². The van der Waals surface area contributed by atoms with E-state index >= 15 is 0 Å². The number of hydrogen-bond donors (Lipinski definition) is 2.